The van der Waals surface area contributed by atoms with Crippen LogP contribution in [0.2, 0.25) is 0 Å². The highest BCUT2D eigenvalue weighted by Gasteiger charge is 2.18. The van der Waals surface area contributed by atoms with Crippen LogP contribution in [0.25, 0.3) is 0 Å². The second-order valence-corrected chi connectivity index (χ2v) is 9.47. The van der Waals surface area contributed by atoms with E-state index in [1.165, 1.54) is 4.31 Å². The molecular weight excluding hydrogens is 432 g/mol. The largest absolute Gasteiger partial charge is 0.493 e. The number of carbonyl (C=O) groups is 1. The summed E-state index contributed by atoms with van der Waals surface area (Å²) in [5, 5.41) is 2.85. The van der Waals surface area contributed by atoms with Gasteiger partial charge in [0.25, 0.3) is 0 Å². The van der Waals surface area contributed by atoms with Crippen LogP contribution in [0.1, 0.15) is 32.3 Å². The van der Waals surface area contributed by atoms with Crippen LogP contribution in [0, 0.1) is 0 Å². The van der Waals surface area contributed by atoms with E-state index in [0.29, 0.717) is 35.9 Å². The molecule has 0 aliphatic heterocycles. The van der Waals surface area contributed by atoms with Crippen LogP contribution < -0.4 is 23.8 Å². The van der Waals surface area contributed by atoms with Gasteiger partial charge in [-0.25, -0.2) is 8.42 Å². The molecule has 2 rings (SSSR count). The van der Waals surface area contributed by atoms with Crippen LogP contribution in [0.5, 0.6) is 17.2 Å². The minimum Gasteiger partial charge on any atom is -0.493 e. The second kappa shape index (κ2) is 11.6. The molecule has 0 aliphatic rings. The average molecular weight is 465 g/mol. The lowest BCUT2D eigenvalue weighted by atomic mass is 10.2. The van der Waals surface area contributed by atoms with Crippen molar-refractivity contribution < 1.29 is 27.4 Å². The van der Waals surface area contributed by atoms with Crippen LogP contribution >= 0.6 is 0 Å². The SMILES string of the molecule is COc1ccc(CNC(=O)CCCN(c2ccc(OC(C)C)cc2)S(C)(=O)=O)cc1OC. The Kier molecular flexibility index (Phi) is 9.19. The maximum absolute atomic E-state index is 12.3. The fraction of sp³-hybridized carbons (Fsp3) is 0.435. The van der Waals surface area contributed by atoms with Gasteiger partial charge in [0.1, 0.15) is 5.75 Å². The lowest BCUT2D eigenvalue weighted by molar-refractivity contribution is -0.121. The predicted octanol–water partition coefficient (Wildman–Crippen LogP) is 3.35. The van der Waals surface area contributed by atoms with Gasteiger partial charge in [-0.3, -0.25) is 9.10 Å². The molecule has 0 radical (unpaired) electrons. The van der Waals surface area contributed by atoms with E-state index in [1.54, 1.807) is 50.6 Å². The molecule has 176 valence electrons. The van der Waals surface area contributed by atoms with Gasteiger partial charge < -0.3 is 19.5 Å². The van der Waals surface area contributed by atoms with Crippen molar-refractivity contribution in [3.63, 3.8) is 0 Å². The number of benzene rings is 2. The van der Waals surface area contributed by atoms with E-state index >= 15 is 0 Å². The Hall–Kier alpha value is -2.94. The fourth-order valence-electron chi connectivity index (χ4n) is 3.11. The highest BCUT2D eigenvalue weighted by molar-refractivity contribution is 7.92. The Morgan fingerprint density at radius 3 is 2.25 bits per heavy atom. The highest BCUT2D eigenvalue weighted by atomic mass is 32.2. The van der Waals surface area contributed by atoms with E-state index in [0.717, 1.165) is 11.8 Å². The first-order valence-electron chi connectivity index (χ1n) is 10.4. The molecule has 0 spiro atoms. The molecule has 0 aromatic heterocycles. The number of nitrogens with one attached hydrogen (secondary N) is 1. The summed E-state index contributed by atoms with van der Waals surface area (Å²) in [5.74, 6) is 1.72. The van der Waals surface area contributed by atoms with Crippen molar-refractivity contribution in [1.82, 2.24) is 5.32 Å². The summed E-state index contributed by atoms with van der Waals surface area (Å²) < 4.78 is 41.9. The van der Waals surface area contributed by atoms with Crippen molar-refractivity contribution in [3.05, 3.63) is 48.0 Å². The molecule has 8 nitrogen and oxygen atoms in total. The van der Waals surface area contributed by atoms with E-state index in [-0.39, 0.29) is 25.0 Å². The number of ether oxygens (including phenoxy) is 3. The molecule has 2 aromatic carbocycles. The molecule has 0 aliphatic carbocycles. The Morgan fingerprint density at radius 2 is 1.69 bits per heavy atom. The fourth-order valence-corrected chi connectivity index (χ4v) is 4.08. The zero-order valence-electron chi connectivity index (χ0n) is 19.3. The van der Waals surface area contributed by atoms with Gasteiger partial charge in [0.15, 0.2) is 11.5 Å². The average Bonchev–Trinajstić information content (AvgIpc) is 2.74. The molecule has 1 amide bonds. The number of rotatable bonds is 12. The first-order valence-corrected chi connectivity index (χ1v) is 12.2. The number of anilines is 1. The van der Waals surface area contributed by atoms with Crippen molar-refractivity contribution in [2.45, 2.75) is 39.3 Å². The third-order valence-corrected chi connectivity index (χ3v) is 5.79. The Balaban J connectivity index is 1.90. The standard InChI is InChI=1S/C23H32N2O6S/c1-17(2)31-20-11-9-19(10-12-20)25(32(5,27)28)14-6-7-23(26)24-16-18-8-13-21(29-3)22(15-18)30-4/h8-13,15,17H,6-7,14,16H2,1-5H3,(H,24,26). The second-order valence-electron chi connectivity index (χ2n) is 7.57. The molecule has 32 heavy (non-hydrogen) atoms. The Bertz CT molecular complexity index is 990. The van der Waals surface area contributed by atoms with Gasteiger partial charge in [0.05, 0.1) is 32.3 Å². The quantitative estimate of drug-likeness (QED) is 0.518. The maximum Gasteiger partial charge on any atom is 0.232 e. The minimum absolute atomic E-state index is 0.0318. The van der Waals surface area contributed by atoms with Crippen LogP contribution in [0.4, 0.5) is 5.69 Å². The van der Waals surface area contributed by atoms with Crippen molar-refractivity contribution in [3.8, 4) is 17.2 Å². The monoisotopic (exact) mass is 464 g/mol. The summed E-state index contributed by atoms with van der Waals surface area (Å²) in [6.07, 6.45) is 1.77. The van der Waals surface area contributed by atoms with E-state index in [1.807, 2.05) is 19.9 Å². The van der Waals surface area contributed by atoms with Crippen LogP contribution in [0.15, 0.2) is 42.5 Å². The van der Waals surface area contributed by atoms with E-state index in [9.17, 15) is 13.2 Å². The van der Waals surface area contributed by atoms with E-state index < -0.39 is 10.0 Å². The summed E-state index contributed by atoms with van der Waals surface area (Å²) in [4.78, 5) is 12.3. The minimum atomic E-state index is -3.49. The van der Waals surface area contributed by atoms with Crippen molar-refractivity contribution in [2.24, 2.45) is 0 Å². The normalized spacial score (nSPS) is 11.2. The Morgan fingerprint density at radius 1 is 1.03 bits per heavy atom. The molecule has 9 heteroatoms. The van der Waals surface area contributed by atoms with Gasteiger partial charge in [-0.1, -0.05) is 6.07 Å². The molecular formula is C23H32N2O6S. The zero-order chi connectivity index (χ0) is 23.7. The summed E-state index contributed by atoms with van der Waals surface area (Å²) in [6.45, 7) is 4.39. The number of amides is 1. The summed E-state index contributed by atoms with van der Waals surface area (Å²) in [6, 6.07) is 12.3. The summed E-state index contributed by atoms with van der Waals surface area (Å²) >= 11 is 0. The van der Waals surface area contributed by atoms with Gasteiger partial charge in [0.2, 0.25) is 15.9 Å². The zero-order valence-corrected chi connectivity index (χ0v) is 20.1. The van der Waals surface area contributed by atoms with Crippen LogP contribution in [-0.2, 0) is 21.4 Å². The number of hydrogen-bond acceptors (Lipinski definition) is 6. The summed E-state index contributed by atoms with van der Waals surface area (Å²) in [7, 11) is -0.370. The predicted molar refractivity (Wildman–Crippen MR) is 125 cm³/mol. The van der Waals surface area contributed by atoms with Gasteiger partial charge in [-0.05, 0) is 62.2 Å². The number of nitrogens with zero attached hydrogens (tertiary/aromatic N) is 1. The molecule has 0 atom stereocenters. The lowest BCUT2D eigenvalue weighted by Crippen LogP contribution is -2.32. The Labute approximate surface area is 190 Å². The molecule has 0 fully saturated rings. The molecule has 0 heterocycles. The van der Waals surface area contributed by atoms with E-state index in [4.69, 9.17) is 14.2 Å². The van der Waals surface area contributed by atoms with Crippen molar-refractivity contribution >= 4 is 21.6 Å². The maximum atomic E-state index is 12.3. The molecule has 0 unspecified atom stereocenters. The number of methoxy groups -OCH3 is 2. The number of hydrogen-bond donors (Lipinski definition) is 1. The van der Waals surface area contributed by atoms with Gasteiger partial charge in [0, 0.05) is 19.5 Å². The van der Waals surface area contributed by atoms with E-state index in [2.05, 4.69) is 5.32 Å². The topological polar surface area (TPSA) is 94.2 Å². The van der Waals surface area contributed by atoms with Crippen molar-refractivity contribution in [2.75, 3.05) is 31.3 Å². The third-order valence-electron chi connectivity index (χ3n) is 4.60. The first-order chi connectivity index (χ1) is 15.1. The molecule has 0 saturated carbocycles. The molecule has 2 aromatic rings. The van der Waals surface area contributed by atoms with Crippen molar-refractivity contribution in [1.29, 1.82) is 0 Å². The lowest BCUT2D eigenvalue weighted by Gasteiger charge is -2.22. The highest BCUT2D eigenvalue weighted by Crippen LogP contribution is 2.27. The van der Waals surface area contributed by atoms with Gasteiger partial charge in [-0.15, -0.1) is 0 Å². The number of sulfonamides is 1. The summed E-state index contributed by atoms with van der Waals surface area (Å²) in [5.41, 5.74) is 1.41. The first kappa shape index (κ1) is 25.3. The van der Waals surface area contributed by atoms with Gasteiger partial charge >= 0.3 is 0 Å². The van der Waals surface area contributed by atoms with Gasteiger partial charge in [-0.2, -0.15) is 0 Å². The third kappa shape index (κ3) is 7.64. The molecule has 0 saturated heterocycles. The van der Waals surface area contributed by atoms with Crippen LogP contribution in [0.3, 0.4) is 0 Å². The molecule has 0 bridgehead atoms. The smallest absolute Gasteiger partial charge is 0.232 e. The molecule has 1 N–H and O–H groups in total. The number of carbonyl (C=O) groups excluding carboxylic acids is 1. The van der Waals surface area contributed by atoms with Crippen LogP contribution in [-0.4, -0.2) is 47.4 Å².